The normalized spacial score (nSPS) is 19.5. The Morgan fingerprint density at radius 1 is 1.40 bits per heavy atom. The van der Waals surface area contributed by atoms with Crippen molar-refractivity contribution in [2.45, 2.75) is 44.4 Å². The van der Waals surface area contributed by atoms with Crippen molar-refractivity contribution in [3.05, 3.63) is 17.0 Å². The summed E-state index contributed by atoms with van der Waals surface area (Å²) < 4.78 is 27.0. The van der Waals surface area contributed by atoms with Crippen molar-refractivity contribution in [3.8, 4) is 0 Å². The lowest BCUT2D eigenvalue weighted by Gasteiger charge is -2.33. The molecule has 0 aliphatic carbocycles. The number of nitrogens with zero attached hydrogens (tertiary/aromatic N) is 3. The van der Waals surface area contributed by atoms with Crippen LogP contribution in [0.15, 0.2) is 21.3 Å². The number of sulfonamides is 1. The Balaban J connectivity index is 2.01. The average Bonchev–Trinajstić information content (AvgIpc) is 3.06. The summed E-state index contributed by atoms with van der Waals surface area (Å²) >= 11 is 1.33. The molecular weight excluding hydrogens is 356 g/mol. The summed E-state index contributed by atoms with van der Waals surface area (Å²) in [6.45, 7) is 9.61. The van der Waals surface area contributed by atoms with Crippen LogP contribution in [0.2, 0.25) is 0 Å². The Bertz CT molecular complexity index is 681. The van der Waals surface area contributed by atoms with Gasteiger partial charge in [0, 0.05) is 38.1 Å². The van der Waals surface area contributed by atoms with Crippen LogP contribution >= 0.6 is 11.3 Å². The molecule has 142 valence electrons. The van der Waals surface area contributed by atoms with E-state index in [1.807, 2.05) is 19.9 Å². The summed E-state index contributed by atoms with van der Waals surface area (Å²) in [5, 5.41) is 3.38. The lowest BCUT2D eigenvalue weighted by Crippen LogP contribution is -2.45. The first-order valence-corrected chi connectivity index (χ1v) is 11.2. The molecule has 1 fully saturated rings. The molecule has 25 heavy (non-hydrogen) atoms. The summed E-state index contributed by atoms with van der Waals surface area (Å²) in [6, 6.07) is 3.60. The Morgan fingerprint density at radius 2 is 2.12 bits per heavy atom. The number of hydrogen-bond acceptors (Lipinski definition) is 4. The number of likely N-dealkylation sites (tertiary alicyclic amines) is 1. The number of piperidine rings is 1. The highest BCUT2D eigenvalue weighted by atomic mass is 32.2. The molecule has 1 aliphatic rings. The molecule has 0 saturated carbocycles. The van der Waals surface area contributed by atoms with Gasteiger partial charge in [-0.3, -0.25) is 4.99 Å². The minimum Gasteiger partial charge on any atom is -0.351 e. The van der Waals surface area contributed by atoms with E-state index in [0.29, 0.717) is 29.8 Å². The summed E-state index contributed by atoms with van der Waals surface area (Å²) in [5.41, 5.74) is 0. The van der Waals surface area contributed by atoms with Crippen LogP contribution in [0, 0.1) is 5.92 Å². The fourth-order valence-electron chi connectivity index (χ4n) is 3.16. The Morgan fingerprint density at radius 3 is 2.72 bits per heavy atom. The van der Waals surface area contributed by atoms with Gasteiger partial charge in [0.05, 0.1) is 6.54 Å². The van der Waals surface area contributed by atoms with Gasteiger partial charge >= 0.3 is 0 Å². The van der Waals surface area contributed by atoms with Gasteiger partial charge in [0.1, 0.15) is 4.21 Å². The monoisotopic (exact) mass is 386 g/mol. The third kappa shape index (κ3) is 4.95. The smallest absolute Gasteiger partial charge is 0.252 e. The highest BCUT2D eigenvalue weighted by molar-refractivity contribution is 7.91. The molecule has 6 nitrogen and oxygen atoms in total. The van der Waals surface area contributed by atoms with E-state index in [2.05, 4.69) is 22.1 Å². The summed E-state index contributed by atoms with van der Waals surface area (Å²) in [7, 11) is -1.57. The van der Waals surface area contributed by atoms with Crippen LogP contribution in [-0.2, 0) is 16.6 Å². The lowest BCUT2D eigenvalue weighted by molar-refractivity contribution is 0.266. The minimum absolute atomic E-state index is 0.412. The van der Waals surface area contributed by atoms with Crippen molar-refractivity contribution < 1.29 is 8.42 Å². The molecule has 0 spiro atoms. The first kappa shape index (κ1) is 20.2. The molecule has 0 bridgehead atoms. The maximum absolute atomic E-state index is 12.6. The molecule has 2 rings (SSSR count). The summed E-state index contributed by atoms with van der Waals surface area (Å²) in [6.07, 6.45) is 2.46. The molecule has 1 N–H and O–H groups in total. The topological polar surface area (TPSA) is 65.0 Å². The summed E-state index contributed by atoms with van der Waals surface area (Å²) in [4.78, 5) is 7.67. The van der Waals surface area contributed by atoms with E-state index in [9.17, 15) is 8.42 Å². The van der Waals surface area contributed by atoms with Crippen LogP contribution in [0.4, 0.5) is 0 Å². The molecule has 1 aliphatic heterocycles. The zero-order chi connectivity index (χ0) is 18.4. The Hall–Kier alpha value is -1.12. The number of nitrogens with one attached hydrogen (secondary N) is 1. The van der Waals surface area contributed by atoms with Gasteiger partial charge in [0.25, 0.3) is 10.0 Å². The van der Waals surface area contributed by atoms with Crippen molar-refractivity contribution in [1.82, 2.24) is 14.5 Å². The van der Waals surface area contributed by atoms with Crippen molar-refractivity contribution >= 4 is 27.3 Å². The van der Waals surface area contributed by atoms with Gasteiger partial charge in [0.2, 0.25) is 0 Å². The van der Waals surface area contributed by atoms with Gasteiger partial charge in [0.15, 0.2) is 5.96 Å². The van der Waals surface area contributed by atoms with Crippen LogP contribution in [0.25, 0.3) is 0 Å². The molecule has 1 saturated heterocycles. The lowest BCUT2D eigenvalue weighted by atomic mass is 10.0. The Kier molecular flexibility index (Phi) is 7.27. The third-order valence-electron chi connectivity index (χ3n) is 4.53. The highest BCUT2D eigenvalue weighted by Crippen LogP contribution is 2.25. The fraction of sp³-hybridized carbons (Fsp3) is 0.706. The number of aliphatic imine (C=N–C) groups is 1. The molecule has 2 heterocycles. The van der Waals surface area contributed by atoms with Crippen LogP contribution in [0.1, 0.15) is 38.5 Å². The zero-order valence-corrected chi connectivity index (χ0v) is 17.3. The van der Waals surface area contributed by atoms with Crippen molar-refractivity contribution in [2.24, 2.45) is 10.9 Å². The molecule has 1 atom stereocenters. The molecule has 0 amide bonds. The maximum atomic E-state index is 12.6. The first-order chi connectivity index (χ1) is 11.9. The van der Waals surface area contributed by atoms with Gasteiger partial charge < -0.3 is 10.2 Å². The van der Waals surface area contributed by atoms with Crippen LogP contribution < -0.4 is 5.32 Å². The predicted octanol–water partition coefficient (Wildman–Crippen LogP) is 2.59. The van der Waals surface area contributed by atoms with E-state index in [4.69, 9.17) is 0 Å². The van der Waals surface area contributed by atoms with E-state index in [1.54, 1.807) is 13.1 Å². The van der Waals surface area contributed by atoms with Crippen LogP contribution in [0.3, 0.4) is 0 Å². The Labute approximate surface area is 156 Å². The van der Waals surface area contributed by atoms with Crippen LogP contribution in [-0.4, -0.2) is 56.8 Å². The SMILES string of the molecule is CCN(CC)S(=O)(=O)c1ccc(CNC(=NC)N2CCCC(C)C2)s1. The second kappa shape index (κ2) is 9.00. The van der Waals surface area contributed by atoms with Gasteiger partial charge in [-0.05, 0) is 30.9 Å². The van der Waals surface area contributed by atoms with E-state index in [0.717, 1.165) is 23.9 Å². The van der Waals surface area contributed by atoms with Gasteiger partial charge in [-0.2, -0.15) is 4.31 Å². The molecular formula is C17H30N4O2S2. The number of thiophene rings is 1. The van der Waals surface area contributed by atoms with E-state index < -0.39 is 10.0 Å². The zero-order valence-electron chi connectivity index (χ0n) is 15.7. The average molecular weight is 387 g/mol. The number of hydrogen-bond donors (Lipinski definition) is 1. The standard InChI is InChI=1S/C17H30N4O2S2/c1-5-21(6-2)25(22,23)16-10-9-15(24-16)12-19-17(18-4)20-11-7-8-14(3)13-20/h9-10,14H,5-8,11-13H2,1-4H3,(H,18,19). The first-order valence-electron chi connectivity index (χ1n) is 8.96. The molecule has 8 heteroatoms. The molecule has 0 radical (unpaired) electrons. The van der Waals surface area contributed by atoms with E-state index in [1.165, 1.54) is 28.5 Å². The maximum Gasteiger partial charge on any atom is 0.252 e. The van der Waals surface area contributed by atoms with Crippen LogP contribution in [0.5, 0.6) is 0 Å². The second-order valence-corrected chi connectivity index (χ2v) is 9.74. The predicted molar refractivity (Wildman–Crippen MR) is 105 cm³/mol. The van der Waals surface area contributed by atoms with Gasteiger partial charge in [-0.25, -0.2) is 8.42 Å². The molecule has 1 aromatic heterocycles. The molecule has 1 unspecified atom stereocenters. The van der Waals surface area contributed by atoms with Crippen molar-refractivity contribution in [2.75, 3.05) is 33.2 Å². The van der Waals surface area contributed by atoms with E-state index in [-0.39, 0.29) is 0 Å². The molecule has 0 aromatic carbocycles. The quantitative estimate of drug-likeness (QED) is 0.603. The fourth-order valence-corrected chi connectivity index (χ4v) is 6.07. The molecule has 1 aromatic rings. The second-order valence-electron chi connectivity index (χ2n) is 6.40. The number of guanidine groups is 1. The van der Waals surface area contributed by atoms with Gasteiger partial charge in [-0.1, -0.05) is 20.8 Å². The third-order valence-corrected chi connectivity index (χ3v) is 8.13. The van der Waals surface area contributed by atoms with E-state index >= 15 is 0 Å². The summed E-state index contributed by atoms with van der Waals surface area (Å²) in [5.74, 6) is 1.58. The highest BCUT2D eigenvalue weighted by Gasteiger charge is 2.24. The van der Waals surface area contributed by atoms with Gasteiger partial charge in [-0.15, -0.1) is 11.3 Å². The van der Waals surface area contributed by atoms with Crippen molar-refractivity contribution in [1.29, 1.82) is 0 Å². The largest absolute Gasteiger partial charge is 0.351 e. The van der Waals surface area contributed by atoms with Crippen molar-refractivity contribution in [3.63, 3.8) is 0 Å². The number of rotatable bonds is 6. The minimum atomic E-state index is -3.37.